The summed E-state index contributed by atoms with van der Waals surface area (Å²) in [5.41, 5.74) is 1.63. The van der Waals surface area contributed by atoms with Crippen LogP contribution in [0.1, 0.15) is 11.1 Å². The summed E-state index contributed by atoms with van der Waals surface area (Å²) in [5, 5.41) is 8.45. The number of hydrogen-bond acceptors (Lipinski definition) is 1. The summed E-state index contributed by atoms with van der Waals surface area (Å²) in [5.74, 6) is -0.235. The largest absolute Gasteiger partial charge is 0.206 e. The first-order valence-corrected chi connectivity index (χ1v) is 4.54. The molecule has 3 heteroatoms. The van der Waals surface area contributed by atoms with Crippen LogP contribution in [-0.2, 0) is 6.42 Å². The van der Waals surface area contributed by atoms with Crippen molar-refractivity contribution in [2.24, 2.45) is 0 Å². The number of aryl methyl sites for hydroxylation is 1. The minimum absolute atomic E-state index is 0.235. The highest BCUT2D eigenvalue weighted by Crippen LogP contribution is 2.18. The van der Waals surface area contributed by atoms with E-state index in [9.17, 15) is 4.39 Å². The van der Waals surface area contributed by atoms with E-state index in [-0.39, 0.29) is 12.2 Å². The third-order valence-electron chi connectivity index (χ3n) is 1.52. The summed E-state index contributed by atoms with van der Waals surface area (Å²) >= 11 is 1.92. The number of rotatable bonds is 1. The molecule has 0 radical (unpaired) electrons. The monoisotopic (exact) mass is 275 g/mol. The van der Waals surface area contributed by atoms with Crippen LogP contribution in [0.2, 0.25) is 0 Å². The molecule has 0 spiro atoms. The number of nitriles is 1. The van der Waals surface area contributed by atoms with E-state index in [1.165, 1.54) is 6.07 Å². The molecule has 0 amide bonds. The molecule has 0 aliphatic heterocycles. The minimum atomic E-state index is -0.235. The van der Waals surface area contributed by atoms with Crippen LogP contribution in [0.25, 0.3) is 0 Å². The smallest absolute Gasteiger partial charge is 0.137 e. The summed E-state index contributed by atoms with van der Waals surface area (Å²) in [7, 11) is 0. The molecule has 0 aromatic heterocycles. The SMILES string of the molecule is Cc1cc(F)c(I)c(CC#N)c1. The Kier molecular flexibility index (Phi) is 3.04. The van der Waals surface area contributed by atoms with Gasteiger partial charge in [0.2, 0.25) is 0 Å². The number of benzene rings is 1. The van der Waals surface area contributed by atoms with Crippen LogP contribution in [0.3, 0.4) is 0 Å². The molecule has 0 atom stereocenters. The fourth-order valence-corrected chi connectivity index (χ4v) is 1.51. The lowest BCUT2D eigenvalue weighted by molar-refractivity contribution is 0.617. The van der Waals surface area contributed by atoms with Crippen LogP contribution in [0.15, 0.2) is 12.1 Å². The van der Waals surface area contributed by atoms with E-state index in [2.05, 4.69) is 0 Å². The Morgan fingerprint density at radius 1 is 1.58 bits per heavy atom. The maximum Gasteiger partial charge on any atom is 0.137 e. The van der Waals surface area contributed by atoms with Gasteiger partial charge in [-0.05, 0) is 46.7 Å². The summed E-state index contributed by atoms with van der Waals surface area (Å²) in [4.78, 5) is 0. The molecule has 1 aromatic carbocycles. The first-order chi connectivity index (χ1) is 5.65. The van der Waals surface area contributed by atoms with Gasteiger partial charge in [0, 0.05) is 0 Å². The molecule has 0 saturated carbocycles. The van der Waals surface area contributed by atoms with Gasteiger partial charge in [-0.15, -0.1) is 0 Å². The summed E-state index contributed by atoms with van der Waals surface area (Å²) in [6.07, 6.45) is 0.275. The number of halogens is 2. The first-order valence-electron chi connectivity index (χ1n) is 3.46. The van der Waals surface area contributed by atoms with Gasteiger partial charge in [0.25, 0.3) is 0 Å². The number of nitrogens with zero attached hydrogens (tertiary/aromatic N) is 1. The molecule has 0 unspecified atom stereocenters. The third-order valence-corrected chi connectivity index (χ3v) is 2.73. The van der Waals surface area contributed by atoms with E-state index in [4.69, 9.17) is 5.26 Å². The highest BCUT2D eigenvalue weighted by atomic mass is 127. The third kappa shape index (κ3) is 1.95. The van der Waals surface area contributed by atoms with Crippen molar-refractivity contribution in [1.82, 2.24) is 0 Å². The van der Waals surface area contributed by atoms with Crippen LogP contribution in [-0.4, -0.2) is 0 Å². The maximum atomic E-state index is 13.0. The van der Waals surface area contributed by atoms with Crippen LogP contribution < -0.4 is 0 Å². The standard InChI is InChI=1S/C9H7FIN/c1-6-4-7(2-3-12)9(11)8(10)5-6/h4-5H,2H2,1H3. The van der Waals surface area contributed by atoms with Crippen molar-refractivity contribution in [3.05, 3.63) is 32.6 Å². The van der Waals surface area contributed by atoms with Gasteiger partial charge < -0.3 is 0 Å². The molecule has 0 heterocycles. The van der Waals surface area contributed by atoms with E-state index in [0.29, 0.717) is 3.57 Å². The average Bonchev–Trinajstić information content (AvgIpc) is 2.00. The van der Waals surface area contributed by atoms with E-state index < -0.39 is 0 Å². The summed E-state index contributed by atoms with van der Waals surface area (Å²) in [6, 6.07) is 5.32. The van der Waals surface area contributed by atoms with Crippen molar-refractivity contribution in [2.45, 2.75) is 13.3 Å². The molecule has 0 N–H and O–H groups in total. The molecule has 1 rings (SSSR count). The Morgan fingerprint density at radius 2 is 2.25 bits per heavy atom. The molecule has 0 bridgehead atoms. The Bertz CT molecular complexity index is 341. The van der Waals surface area contributed by atoms with Crippen molar-refractivity contribution in [2.75, 3.05) is 0 Å². The van der Waals surface area contributed by atoms with E-state index in [1.807, 2.05) is 41.7 Å². The molecular formula is C9H7FIN. The second-order valence-electron chi connectivity index (χ2n) is 2.55. The highest BCUT2D eigenvalue weighted by molar-refractivity contribution is 14.1. The zero-order chi connectivity index (χ0) is 9.14. The lowest BCUT2D eigenvalue weighted by Gasteiger charge is -2.02. The fraction of sp³-hybridized carbons (Fsp3) is 0.222. The van der Waals surface area contributed by atoms with Crippen molar-refractivity contribution in [3.8, 4) is 6.07 Å². The Morgan fingerprint density at radius 3 is 2.83 bits per heavy atom. The molecule has 12 heavy (non-hydrogen) atoms. The van der Waals surface area contributed by atoms with Gasteiger partial charge in [0.05, 0.1) is 16.1 Å². The zero-order valence-electron chi connectivity index (χ0n) is 6.56. The normalized spacial score (nSPS) is 9.50. The van der Waals surface area contributed by atoms with Crippen molar-refractivity contribution in [1.29, 1.82) is 5.26 Å². The second-order valence-corrected chi connectivity index (χ2v) is 3.63. The van der Waals surface area contributed by atoms with E-state index in [1.54, 1.807) is 0 Å². The molecule has 0 aliphatic carbocycles. The van der Waals surface area contributed by atoms with Gasteiger partial charge >= 0.3 is 0 Å². The van der Waals surface area contributed by atoms with Gasteiger partial charge in [-0.2, -0.15) is 5.26 Å². The lowest BCUT2D eigenvalue weighted by Crippen LogP contribution is -1.93. The molecular weight excluding hydrogens is 268 g/mol. The van der Waals surface area contributed by atoms with Crippen molar-refractivity contribution < 1.29 is 4.39 Å². The van der Waals surface area contributed by atoms with Crippen LogP contribution in [0.5, 0.6) is 0 Å². The predicted molar refractivity (Wildman–Crippen MR) is 53.2 cm³/mol. The Labute approximate surface area is 84.3 Å². The van der Waals surface area contributed by atoms with Gasteiger partial charge in [-0.25, -0.2) is 4.39 Å². The number of hydrogen-bond donors (Lipinski definition) is 0. The average molecular weight is 275 g/mol. The topological polar surface area (TPSA) is 23.8 Å². The van der Waals surface area contributed by atoms with Crippen LogP contribution in [0.4, 0.5) is 4.39 Å². The lowest BCUT2D eigenvalue weighted by atomic mass is 10.1. The fourth-order valence-electron chi connectivity index (χ4n) is 1.01. The van der Waals surface area contributed by atoms with Crippen LogP contribution in [0, 0.1) is 27.6 Å². The molecule has 62 valence electrons. The van der Waals surface area contributed by atoms with Crippen molar-refractivity contribution in [3.63, 3.8) is 0 Å². The molecule has 0 aliphatic rings. The van der Waals surface area contributed by atoms with Gasteiger partial charge in [-0.3, -0.25) is 0 Å². The highest BCUT2D eigenvalue weighted by Gasteiger charge is 2.05. The van der Waals surface area contributed by atoms with Gasteiger partial charge in [-0.1, -0.05) is 6.07 Å². The molecule has 0 fully saturated rings. The Hall–Kier alpha value is -0.630. The molecule has 1 nitrogen and oxygen atoms in total. The van der Waals surface area contributed by atoms with Crippen LogP contribution >= 0.6 is 22.6 Å². The van der Waals surface area contributed by atoms with E-state index >= 15 is 0 Å². The van der Waals surface area contributed by atoms with Crippen molar-refractivity contribution >= 4 is 22.6 Å². The first kappa shape index (κ1) is 9.46. The summed E-state index contributed by atoms with van der Waals surface area (Å²) in [6.45, 7) is 1.82. The predicted octanol–water partition coefficient (Wildman–Crippen LogP) is 2.80. The van der Waals surface area contributed by atoms with E-state index in [0.717, 1.165) is 11.1 Å². The minimum Gasteiger partial charge on any atom is -0.206 e. The Balaban J connectivity index is 3.20. The second kappa shape index (κ2) is 3.85. The van der Waals surface area contributed by atoms with Gasteiger partial charge in [0.1, 0.15) is 5.82 Å². The maximum absolute atomic E-state index is 13.0. The molecule has 1 aromatic rings. The molecule has 0 saturated heterocycles. The quantitative estimate of drug-likeness (QED) is 0.723. The summed E-state index contributed by atoms with van der Waals surface area (Å²) < 4.78 is 13.6. The zero-order valence-corrected chi connectivity index (χ0v) is 8.72. The van der Waals surface area contributed by atoms with Gasteiger partial charge in [0.15, 0.2) is 0 Å².